The van der Waals surface area contributed by atoms with Crippen molar-refractivity contribution in [3.63, 3.8) is 0 Å². The van der Waals surface area contributed by atoms with Crippen LogP contribution < -0.4 is 5.73 Å². The molecule has 0 saturated heterocycles. The molecular weight excluding hydrogens is 289 g/mol. The van der Waals surface area contributed by atoms with Gasteiger partial charge in [-0.1, -0.05) is 59.6 Å². The predicted molar refractivity (Wildman–Crippen MR) is 87.6 cm³/mol. The average Bonchev–Trinajstić information content (AvgIpc) is 2.45. The van der Waals surface area contributed by atoms with Crippen molar-refractivity contribution >= 4 is 23.2 Å². The second kappa shape index (κ2) is 7.12. The molecule has 1 atom stereocenters. The topological polar surface area (TPSA) is 26.0 Å². The quantitative estimate of drug-likeness (QED) is 0.854. The summed E-state index contributed by atoms with van der Waals surface area (Å²) in [5.41, 5.74) is 9.66. The number of rotatable bonds is 5. The van der Waals surface area contributed by atoms with Gasteiger partial charge in [-0.05, 0) is 55.0 Å². The molecule has 1 nitrogen and oxygen atoms in total. The van der Waals surface area contributed by atoms with Crippen molar-refractivity contribution in [1.82, 2.24) is 0 Å². The smallest absolute Gasteiger partial charge is 0.0624 e. The number of nitrogens with two attached hydrogens (primary N) is 1. The number of aryl methyl sites for hydroxylation is 1. The Bertz CT molecular complexity index is 581. The number of hydrogen-bond donors (Lipinski definition) is 1. The third-order valence-electron chi connectivity index (χ3n) is 3.64. The lowest BCUT2D eigenvalue weighted by molar-refractivity contribution is 0.532. The molecule has 2 aromatic carbocycles. The summed E-state index contributed by atoms with van der Waals surface area (Å²) in [5, 5.41) is 1.26. The normalized spacial score (nSPS) is 12.4. The van der Waals surface area contributed by atoms with Crippen LogP contribution >= 0.6 is 23.2 Å². The van der Waals surface area contributed by atoms with E-state index in [0.29, 0.717) is 22.5 Å². The Hall–Kier alpha value is -1.02. The SMILES string of the molecule is Cc1ccccc1CC(CN)Cc1cccc(Cl)c1Cl. The zero-order valence-corrected chi connectivity index (χ0v) is 13.1. The second-order valence-electron chi connectivity index (χ2n) is 5.15. The van der Waals surface area contributed by atoms with Gasteiger partial charge in [-0.2, -0.15) is 0 Å². The minimum absolute atomic E-state index is 0.368. The maximum atomic E-state index is 6.26. The van der Waals surface area contributed by atoms with Gasteiger partial charge in [0.05, 0.1) is 10.0 Å². The molecule has 0 aliphatic carbocycles. The Morgan fingerprint density at radius 3 is 2.30 bits per heavy atom. The fraction of sp³-hybridized carbons (Fsp3) is 0.294. The van der Waals surface area contributed by atoms with Crippen LogP contribution in [0.25, 0.3) is 0 Å². The van der Waals surface area contributed by atoms with Gasteiger partial charge in [-0.3, -0.25) is 0 Å². The van der Waals surface area contributed by atoms with Crippen LogP contribution in [0, 0.1) is 12.8 Å². The van der Waals surface area contributed by atoms with Crippen LogP contribution in [0.15, 0.2) is 42.5 Å². The molecule has 0 aliphatic rings. The Labute approximate surface area is 130 Å². The summed E-state index contributed by atoms with van der Waals surface area (Å²) in [6.45, 7) is 2.77. The van der Waals surface area contributed by atoms with Gasteiger partial charge in [0, 0.05) is 0 Å². The molecule has 1 unspecified atom stereocenters. The summed E-state index contributed by atoms with van der Waals surface area (Å²) in [7, 11) is 0. The molecule has 2 aromatic rings. The van der Waals surface area contributed by atoms with Gasteiger partial charge in [0.15, 0.2) is 0 Å². The Morgan fingerprint density at radius 1 is 0.950 bits per heavy atom. The van der Waals surface area contributed by atoms with E-state index in [1.807, 2.05) is 18.2 Å². The van der Waals surface area contributed by atoms with Crippen LogP contribution in [0.4, 0.5) is 0 Å². The number of halogens is 2. The highest BCUT2D eigenvalue weighted by Crippen LogP contribution is 2.28. The molecule has 106 valence electrons. The van der Waals surface area contributed by atoms with E-state index in [9.17, 15) is 0 Å². The molecule has 0 amide bonds. The van der Waals surface area contributed by atoms with E-state index in [0.717, 1.165) is 18.4 Å². The summed E-state index contributed by atoms with van der Waals surface area (Å²) in [6.07, 6.45) is 1.82. The minimum atomic E-state index is 0.368. The standard InChI is InChI=1S/C17H19Cl2N/c1-12-5-2-3-6-14(12)9-13(11-20)10-15-7-4-8-16(18)17(15)19/h2-8,13H,9-11,20H2,1H3. The fourth-order valence-corrected chi connectivity index (χ4v) is 2.80. The van der Waals surface area contributed by atoms with Gasteiger partial charge in [-0.15, -0.1) is 0 Å². The fourth-order valence-electron chi connectivity index (χ4n) is 2.41. The Morgan fingerprint density at radius 2 is 1.60 bits per heavy atom. The molecule has 0 radical (unpaired) electrons. The number of hydrogen-bond acceptors (Lipinski definition) is 1. The lowest BCUT2D eigenvalue weighted by Gasteiger charge is -2.17. The molecular formula is C17H19Cl2N. The molecule has 3 heteroatoms. The van der Waals surface area contributed by atoms with E-state index in [1.54, 1.807) is 0 Å². The summed E-state index contributed by atoms with van der Waals surface area (Å²) < 4.78 is 0. The van der Waals surface area contributed by atoms with E-state index in [2.05, 4.69) is 31.2 Å². The molecule has 0 bridgehead atoms. The van der Waals surface area contributed by atoms with Gasteiger partial charge < -0.3 is 5.73 Å². The lowest BCUT2D eigenvalue weighted by atomic mass is 9.91. The third kappa shape index (κ3) is 3.76. The van der Waals surface area contributed by atoms with Crippen LogP contribution in [-0.2, 0) is 12.8 Å². The van der Waals surface area contributed by atoms with Gasteiger partial charge in [0.2, 0.25) is 0 Å². The first-order valence-corrected chi connectivity index (χ1v) is 7.55. The highest BCUT2D eigenvalue weighted by Gasteiger charge is 2.13. The summed E-state index contributed by atoms with van der Waals surface area (Å²) in [4.78, 5) is 0. The van der Waals surface area contributed by atoms with Crippen molar-refractivity contribution in [2.45, 2.75) is 19.8 Å². The first kappa shape index (κ1) is 15.4. The second-order valence-corrected chi connectivity index (χ2v) is 5.93. The van der Waals surface area contributed by atoms with E-state index in [1.165, 1.54) is 11.1 Å². The zero-order chi connectivity index (χ0) is 14.5. The Kier molecular flexibility index (Phi) is 5.47. The van der Waals surface area contributed by atoms with E-state index >= 15 is 0 Å². The predicted octanol–water partition coefficient (Wildman–Crippen LogP) is 4.66. The third-order valence-corrected chi connectivity index (χ3v) is 4.50. The van der Waals surface area contributed by atoms with Gasteiger partial charge in [0.25, 0.3) is 0 Å². The van der Waals surface area contributed by atoms with Crippen molar-refractivity contribution in [2.24, 2.45) is 11.7 Å². The molecule has 2 rings (SSSR count). The Balaban J connectivity index is 2.14. The summed E-state index contributed by atoms with van der Waals surface area (Å²) >= 11 is 12.3. The first-order valence-electron chi connectivity index (χ1n) is 6.79. The molecule has 0 fully saturated rings. The van der Waals surface area contributed by atoms with E-state index in [4.69, 9.17) is 28.9 Å². The monoisotopic (exact) mass is 307 g/mol. The molecule has 0 spiro atoms. The molecule has 0 saturated carbocycles. The van der Waals surface area contributed by atoms with E-state index < -0.39 is 0 Å². The maximum Gasteiger partial charge on any atom is 0.0624 e. The summed E-state index contributed by atoms with van der Waals surface area (Å²) in [5.74, 6) is 0.368. The maximum absolute atomic E-state index is 6.26. The van der Waals surface area contributed by atoms with Crippen molar-refractivity contribution < 1.29 is 0 Å². The van der Waals surface area contributed by atoms with E-state index in [-0.39, 0.29) is 0 Å². The van der Waals surface area contributed by atoms with Crippen molar-refractivity contribution in [1.29, 1.82) is 0 Å². The van der Waals surface area contributed by atoms with Crippen molar-refractivity contribution in [3.8, 4) is 0 Å². The molecule has 20 heavy (non-hydrogen) atoms. The van der Waals surface area contributed by atoms with Crippen molar-refractivity contribution in [3.05, 3.63) is 69.2 Å². The molecule has 0 aliphatic heterocycles. The van der Waals surface area contributed by atoms with Crippen LogP contribution in [0.2, 0.25) is 10.0 Å². The highest BCUT2D eigenvalue weighted by molar-refractivity contribution is 6.42. The van der Waals surface area contributed by atoms with Gasteiger partial charge in [0.1, 0.15) is 0 Å². The van der Waals surface area contributed by atoms with Crippen LogP contribution in [0.1, 0.15) is 16.7 Å². The van der Waals surface area contributed by atoms with Gasteiger partial charge >= 0.3 is 0 Å². The summed E-state index contributed by atoms with van der Waals surface area (Å²) in [6, 6.07) is 14.2. The first-order chi connectivity index (χ1) is 9.61. The largest absolute Gasteiger partial charge is 0.330 e. The lowest BCUT2D eigenvalue weighted by Crippen LogP contribution is -2.20. The number of benzene rings is 2. The molecule has 0 aromatic heterocycles. The average molecular weight is 308 g/mol. The van der Waals surface area contributed by atoms with Crippen LogP contribution in [-0.4, -0.2) is 6.54 Å². The van der Waals surface area contributed by atoms with Crippen LogP contribution in [0.5, 0.6) is 0 Å². The molecule has 0 heterocycles. The van der Waals surface area contributed by atoms with Gasteiger partial charge in [-0.25, -0.2) is 0 Å². The van der Waals surface area contributed by atoms with Crippen molar-refractivity contribution in [2.75, 3.05) is 6.54 Å². The van der Waals surface area contributed by atoms with Crippen LogP contribution in [0.3, 0.4) is 0 Å². The zero-order valence-electron chi connectivity index (χ0n) is 11.6. The molecule has 2 N–H and O–H groups in total. The highest BCUT2D eigenvalue weighted by atomic mass is 35.5. The minimum Gasteiger partial charge on any atom is -0.330 e.